The summed E-state index contributed by atoms with van der Waals surface area (Å²) < 4.78 is 31.1. The highest BCUT2D eigenvalue weighted by molar-refractivity contribution is 7.98. The van der Waals surface area contributed by atoms with Crippen molar-refractivity contribution in [3.8, 4) is 5.75 Å². The van der Waals surface area contributed by atoms with Crippen LogP contribution in [0.4, 0.5) is 5.69 Å². The van der Waals surface area contributed by atoms with Crippen molar-refractivity contribution in [2.45, 2.75) is 19.6 Å². The first kappa shape index (κ1) is 23.1. The molecule has 0 saturated heterocycles. The van der Waals surface area contributed by atoms with Gasteiger partial charge in [-0.3, -0.25) is 9.10 Å². The zero-order valence-electron chi connectivity index (χ0n) is 17.1. The van der Waals surface area contributed by atoms with Crippen LogP contribution >= 0.6 is 11.8 Å². The number of nitrogens with one attached hydrogen (secondary N) is 1. The van der Waals surface area contributed by atoms with Crippen LogP contribution in [0.15, 0.2) is 48.5 Å². The summed E-state index contributed by atoms with van der Waals surface area (Å²) >= 11 is 1.72. The first-order chi connectivity index (χ1) is 13.8. The molecule has 0 saturated carbocycles. The second kappa shape index (κ2) is 11.1. The van der Waals surface area contributed by atoms with Gasteiger partial charge in [0.1, 0.15) is 12.3 Å². The summed E-state index contributed by atoms with van der Waals surface area (Å²) in [5.41, 5.74) is 2.83. The highest BCUT2D eigenvalue weighted by Gasteiger charge is 2.23. The average Bonchev–Trinajstić information content (AvgIpc) is 2.67. The van der Waals surface area contributed by atoms with Crippen molar-refractivity contribution < 1.29 is 17.9 Å². The van der Waals surface area contributed by atoms with Crippen molar-refractivity contribution in [2.24, 2.45) is 0 Å². The molecule has 2 aromatic rings. The lowest BCUT2D eigenvalue weighted by molar-refractivity contribution is -0.119. The Balaban J connectivity index is 1.88. The molecule has 0 aliphatic heterocycles. The monoisotopic (exact) mass is 436 g/mol. The first-order valence-electron chi connectivity index (χ1n) is 9.40. The van der Waals surface area contributed by atoms with Gasteiger partial charge in [0.25, 0.3) is 0 Å². The van der Waals surface area contributed by atoms with E-state index in [9.17, 15) is 13.2 Å². The van der Waals surface area contributed by atoms with Gasteiger partial charge in [0.2, 0.25) is 15.9 Å². The fraction of sp³-hybridized carbons (Fsp3) is 0.381. The van der Waals surface area contributed by atoms with E-state index in [1.165, 1.54) is 11.1 Å². The van der Waals surface area contributed by atoms with Gasteiger partial charge >= 0.3 is 0 Å². The van der Waals surface area contributed by atoms with Crippen LogP contribution in [0.5, 0.6) is 5.75 Å². The van der Waals surface area contributed by atoms with Crippen molar-refractivity contribution in [2.75, 3.05) is 36.0 Å². The van der Waals surface area contributed by atoms with Crippen LogP contribution < -0.4 is 14.4 Å². The van der Waals surface area contributed by atoms with E-state index >= 15 is 0 Å². The Labute approximate surface area is 177 Å². The van der Waals surface area contributed by atoms with Crippen LogP contribution in [-0.2, 0) is 20.6 Å². The number of thioether (sulfide) groups is 1. The van der Waals surface area contributed by atoms with Crippen LogP contribution in [0.1, 0.15) is 18.1 Å². The maximum Gasteiger partial charge on any atom is 0.240 e. The molecule has 8 heteroatoms. The number of amides is 1. The summed E-state index contributed by atoms with van der Waals surface area (Å²) in [5, 5.41) is 2.80. The number of anilines is 1. The molecule has 0 atom stereocenters. The van der Waals surface area contributed by atoms with Gasteiger partial charge in [0, 0.05) is 18.1 Å². The Hall–Kier alpha value is -2.19. The zero-order chi connectivity index (χ0) is 21.3. The highest BCUT2D eigenvalue weighted by atomic mass is 32.2. The maximum atomic E-state index is 12.3. The zero-order valence-corrected chi connectivity index (χ0v) is 18.7. The number of hydrogen-bond acceptors (Lipinski definition) is 5. The van der Waals surface area contributed by atoms with Gasteiger partial charge < -0.3 is 10.1 Å². The minimum Gasteiger partial charge on any atom is -0.492 e. The van der Waals surface area contributed by atoms with Crippen molar-refractivity contribution in [1.29, 1.82) is 0 Å². The van der Waals surface area contributed by atoms with Gasteiger partial charge in [0.15, 0.2) is 0 Å². The van der Waals surface area contributed by atoms with Crippen LogP contribution in [-0.4, -0.2) is 46.0 Å². The van der Waals surface area contributed by atoms with Gasteiger partial charge in [-0.25, -0.2) is 8.42 Å². The number of benzene rings is 2. The third kappa shape index (κ3) is 7.62. The highest BCUT2D eigenvalue weighted by Crippen LogP contribution is 2.29. The van der Waals surface area contributed by atoms with E-state index in [1.807, 2.05) is 6.92 Å². The Bertz CT molecular complexity index is 899. The number of carbonyl (C=O) groups is 1. The molecule has 0 aliphatic rings. The third-order valence-corrected chi connectivity index (χ3v) is 6.24. The van der Waals surface area contributed by atoms with E-state index in [4.69, 9.17) is 4.74 Å². The number of para-hydroxylation sites is 2. The largest absolute Gasteiger partial charge is 0.492 e. The fourth-order valence-corrected chi connectivity index (χ4v) is 4.32. The summed E-state index contributed by atoms with van der Waals surface area (Å²) in [6.07, 6.45) is 1.08. The van der Waals surface area contributed by atoms with Crippen LogP contribution in [0, 0.1) is 6.92 Å². The van der Waals surface area contributed by atoms with Crippen molar-refractivity contribution in [3.05, 3.63) is 59.7 Å². The van der Waals surface area contributed by atoms with E-state index in [-0.39, 0.29) is 12.5 Å². The molecule has 29 heavy (non-hydrogen) atoms. The predicted molar refractivity (Wildman–Crippen MR) is 120 cm³/mol. The Morgan fingerprint density at radius 1 is 1.14 bits per heavy atom. The van der Waals surface area contributed by atoms with E-state index in [2.05, 4.69) is 36.5 Å². The minimum atomic E-state index is -3.64. The Morgan fingerprint density at radius 2 is 1.83 bits per heavy atom. The normalized spacial score (nSPS) is 11.1. The first-order valence-corrected chi connectivity index (χ1v) is 12.4. The quantitative estimate of drug-likeness (QED) is 0.548. The van der Waals surface area contributed by atoms with Crippen LogP contribution in [0.25, 0.3) is 0 Å². The summed E-state index contributed by atoms with van der Waals surface area (Å²) in [6.45, 7) is 4.46. The Morgan fingerprint density at radius 3 is 2.48 bits per heavy atom. The number of rotatable bonds is 11. The van der Waals surface area contributed by atoms with E-state index in [0.29, 0.717) is 24.6 Å². The Kier molecular flexibility index (Phi) is 8.85. The number of sulfonamides is 1. The average molecular weight is 437 g/mol. The van der Waals surface area contributed by atoms with E-state index < -0.39 is 10.0 Å². The molecule has 2 aromatic carbocycles. The summed E-state index contributed by atoms with van der Waals surface area (Å²) in [5.74, 6) is 1.70. The number of ether oxygens (including phenoxy) is 1. The lowest BCUT2D eigenvalue weighted by Gasteiger charge is -2.24. The summed E-state index contributed by atoms with van der Waals surface area (Å²) in [6, 6.07) is 15.2. The third-order valence-electron chi connectivity index (χ3n) is 4.08. The molecule has 1 N–H and O–H groups in total. The molecule has 0 unspecified atom stereocenters. The summed E-state index contributed by atoms with van der Waals surface area (Å²) in [7, 11) is -3.64. The SMILES string of the molecule is CCOc1ccccc1N(CC(=O)NCCSCc1ccc(C)cc1)S(C)(=O)=O. The second-order valence-corrected chi connectivity index (χ2v) is 9.57. The molecular formula is C21H28N2O4S2. The molecule has 158 valence electrons. The predicted octanol–water partition coefficient (Wildman–Crippen LogP) is 3.21. The molecule has 6 nitrogen and oxygen atoms in total. The fourth-order valence-electron chi connectivity index (χ4n) is 2.65. The van der Waals surface area contributed by atoms with Gasteiger partial charge in [-0.1, -0.05) is 42.0 Å². The molecule has 0 aromatic heterocycles. The number of carbonyl (C=O) groups excluding carboxylic acids is 1. The van der Waals surface area contributed by atoms with E-state index in [1.54, 1.807) is 36.0 Å². The second-order valence-electron chi connectivity index (χ2n) is 6.56. The van der Waals surface area contributed by atoms with E-state index in [0.717, 1.165) is 22.1 Å². The molecule has 2 rings (SSSR count). The molecule has 0 fully saturated rings. The number of nitrogens with zero attached hydrogens (tertiary/aromatic N) is 1. The molecule has 0 spiro atoms. The molecule has 0 bridgehead atoms. The van der Waals surface area contributed by atoms with Crippen molar-refractivity contribution in [3.63, 3.8) is 0 Å². The van der Waals surface area contributed by atoms with Gasteiger partial charge in [-0.15, -0.1) is 0 Å². The standard InChI is InChI=1S/C21H28N2O4S2/c1-4-27-20-8-6-5-7-19(20)23(29(3,25)26)15-21(24)22-13-14-28-16-18-11-9-17(2)10-12-18/h5-12H,4,13-16H2,1-3H3,(H,22,24). The van der Waals surface area contributed by atoms with Gasteiger partial charge in [-0.2, -0.15) is 11.8 Å². The lowest BCUT2D eigenvalue weighted by atomic mass is 10.2. The van der Waals surface area contributed by atoms with Gasteiger partial charge in [-0.05, 0) is 31.5 Å². The van der Waals surface area contributed by atoms with Crippen LogP contribution in [0.3, 0.4) is 0 Å². The molecule has 1 amide bonds. The number of hydrogen-bond donors (Lipinski definition) is 1. The lowest BCUT2D eigenvalue weighted by Crippen LogP contribution is -2.41. The van der Waals surface area contributed by atoms with Crippen molar-refractivity contribution >= 4 is 33.4 Å². The number of aryl methyl sites for hydroxylation is 1. The molecule has 0 radical (unpaired) electrons. The molecular weight excluding hydrogens is 408 g/mol. The smallest absolute Gasteiger partial charge is 0.240 e. The summed E-state index contributed by atoms with van der Waals surface area (Å²) in [4.78, 5) is 12.3. The molecule has 0 aliphatic carbocycles. The van der Waals surface area contributed by atoms with Gasteiger partial charge in [0.05, 0.1) is 18.6 Å². The minimum absolute atomic E-state index is 0.286. The van der Waals surface area contributed by atoms with Crippen LogP contribution in [0.2, 0.25) is 0 Å². The van der Waals surface area contributed by atoms with Crippen molar-refractivity contribution in [1.82, 2.24) is 5.32 Å². The molecule has 0 heterocycles. The topological polar surface area (TPSA) is 75.7 Å². The maximum absolute atomic E-state index is 12.3.